The monoisotopic (exact) mass is 270 g/mol. The summed E-state index contributed by atoms with van der Waals surface area (Å²) >= 11 is 0. The van der Waals surface area contributed by atoms with Crippen LogP contribution in [0.25, 0.3) is 22.5 Å². The van der Waals surface area contributed by atoms with E-state index in [0.29, 0.717) is 22.5 Å². The number of furan rings is 1. The summed E-state index contributed by atoms with van der Waals surface area (Å²) in [6.07, 6.45) is 2.39. The fourth-order valence-corrected chi connectivity index (χ4v) is 2.20. The third kappa shape index (κ3) is 1.90. The molecule has 0 saturated carbocycles. The quantitative estimate of drug-likeness (QED) is 0.729. The number of hydrogen-bond donors (Lipinski definition) is 0. The Bertz CT molecular complexity index is 797. The van der Waals surface area contributed by atoms with Gasteiger partial charge in [-0.15, -0.1) is 0 Å². The first-order valence-electron chi connectivity index (χ1n) is 6.42. The van der Waals surface area contributed by atoms with Crippen molar-refractivity contribution in [1.82, 2.24) is 0 Å². The second-order valence-corrected chi connectivity index (χ2v) is 4.45. The fraction of sp³-hybridized carbons (Fsp3) is 0.188. The van der Waals surface area contributed by atoms with Crippen LogP contribution in [0, 0.1) is 0 Å². The van der Waals surface area contributed by atoms with Crippen molar-refractivity contribution < 1.29 is 13.6 Å². The van der Waals surface area contributed by atoms with E-state index in [2.05, 4.69) is 0 Å². The summed E-state index contributed by atoms with van der Waals surface area (Å²) in [4.78, 5) is 12.5. The highest BCUT2D eigenvalue weighted by molar-refractivity contribution is 5.81. The van der Waals surface area contributed by atoms with Gasteiger partial charge >= 0.3 is 0 Å². The van der Waals surface area contributed by atoms with Gasteiger partial charge in [-0.05, 0) is 36.2 Å². The van der Waals surface area contributed by atoms with Crippen LogP contribution in [-0.4, -0.2) is 7.11 Å². The van der Waals surface area contributed by atoms with Crippen molar-refractivity contribution in [2.75, 3.05) is 7.11 Å². The van der Waals surface area contributed by atoms with Crippen molar-refractivity contribution in [1.29, 1.82) is 0 Å². The minimum Gasteiger partial charge on any atom is -0.489 e. The summed E-state index contributed by atoms with van der Waals surface area (Å²) in [6.45, 7) is 2.04. The summed E-state index contributed by atoms with van der Waals surface area (Å²) in [5, 5.41) is 0.525. The van der Waals surface area contributed by atoms with Crippen LogP contribution in [-0.2, 0) is 6.42 Å². The highest BCUT2D eigenvalue weighted by atomic mass is 16.5. The van der Waals surface area contributed by atoms with E-state index in [-0.39, 0.29) is 11.2 Å². The lowest BCUT2D eigenvalue weighted by molar-refractivity contribution is 0.394. The Morgan fingerprint density at radius 2 is 2.10 bits per heavy atom. The molecule has 0 N–H and O–H groups in total. The number of aryl methyl sites for hydroxylation is 1. The molecule has 3 aromatic rings. The molecule has 3 rings (SSSR count). The molecule has 0 spiro atoms. The highest BCUT2D eigenvalue weighted by Crippen LogP contribution is 2.31. The molecule has 0 unspecified atom stereocenters. The fourth-order valence-electron chi connectivity index (χ4n) is 2.20. The van der Waals surface area contributed by atoms with Gasteiger partial charge in [0.15, 0.2) is 5.76 Å². The number of ether oxygens (including phenoxy) is 1. The lowest BCUT2D eigenvalue weighted by Gasteiger charge is -2.07. The van der Waals surface area contributed by atoms with Crippen molar-refractivity contribution in [3.8, 4) is 17.3 Å². The molecule has 0 fully saturated rings. The molecule has 0 aliphatic heterocycles. The maximum absolute atomic E-state index is 12.5. The molecule has 2 aromatic heterocycles. The number of rotatable bonds is 3. The van der Waals surface area contributed by atoms with E-state index in [0.717, 1.165) is 12.0 Å². The second kappa shape index (κ2) is 4.89. The van der Waals surface area contributed by atoms with Crippen LogP contribution >= 0.6 is 0 Å². The van der Waals surface area contributed by atoms with E-state index in [1.165, 1.54) is 13.4 Å². The van der Waals surface area contributed by atoms with Gasteiger partial charge in [-0.3, -0.25) is 4.79 Å². The zero-order valence-corrected chi connectivity index (χ0v) is 11.3. The summed E-state index contributed by atoms with van der Waals surface area (Å²) in [5.74, 6) is 0.959. The number of fused-ring (bicyclic) bond motifs is 1. The molecule has 0 atom stereocenters. The number of methoxy groups -OCH3 is 1. The van der Waals surface area contributed by atoms with Gasteiger partial charge in [-0.25, -0.2) is 0 Å². The maximum atomic E-state index is 12.5. The van der Waals surface area contributed by atoms with Gasteiger partial charge in [0.2, 0.25) is 16.9 Å². The van der Waals surface area contributed by atoms with Crippen molar-refractivity contribution in [3.05, 3.63) is 52.4 Å². The van der Waals surface area contributed by atoms with Crippen LogP contribution in [0.1, 0.15) is 12.5 Å². The van der Waals surface area contributed by atoms with E-state index < -0.39 is 0 Å². The zero-order chi connectivity index (χ0) is 14.1. The van der Waals surface area contributed by atoms with Gasteiger partial charge in [-0.2, -0.15) is 0 Å². The lowest BCUT2D eigenvalue weighted by Crippen LogP contribution is -2.07. The topological polar surface area (TPSA) is 52.6 Å². The Balaban J connectivity index is 2.36. The lowest BCUT2D eigenvalue weighted by atomic mass is 10.1. The molecule has 4 heteroatoms. The van der Waals surface area contributed by atoms with Crippen LogP contribution in [0.15, 0.2) is 50.2 Å². The molecule has 1 aromatic carbocycles. The molecular weight excluding hydrogens is 256 g/mol. The highest BCUT2D eigenvalue weighted by Gasteiger charge is 2.18. The molecule has 0 saturated heterocycles. The van der Waals surface area contributed by atoms with E-state index >= 15 is 0 Å². The molecule has 4 nitrogen and oxygen atoms in total. The third-order valence-corrected chi connectivity index (χ3v) is 3.27. The third-order valence-electron chi connectivity index (χ3n) is 3.27. The van der Waals surface area contributed by atoms with Gasteiger partial charge < -0.3 is 13.6 Å². The molecule has 0 aliphatic rings. The predicted octanol–water partition coefficient (Wildman–Crippen LogP) is 3.62. The largest absolute Gasteiger partial charge is 0.489 e. The molecule has 0 bridgehead atoms. The van der Waals surface area contributed by atoms with Crippen molar-refractivity contribution in [2.24, 2.45) is 0 Å². The van der Waals surface area contributed by atoms with E-state index in [1.807, 2.05) is 19.1 Å². The van der Waals surface area contributed by atoms with Gasteiger partial charge in [-0.1, -0.05) is 13.0 Å². The zero-order valence-electron chi connectivity index (χ0n) is 11.3. The van der Waals surface area contributed by atoms with Crippen LogP contribution in [0.4, 0.5) is 0 Å². The average Bonchev–Trinajstić information content (AvgIpc) is 3.01. The molecule has 0 amide bonds. The van der Waals surface area contributed by atoms with Crippen molar-refractivity contribution >= 4 is 11.0 Å². The molecular formula is C16H14O4. The molecule has 102 valence electrons. The summed E-state index contributed by atoms with van der Waals surface area (Å²) in [5.41, 5.74) is 1.42. The standard InChI is InChI=1S/C16H14O4/c1-3-10-6-7-12-11(9-10)14(17)16(18-2)15(20-12)13-5-4-8-19-13/h4-9H,3H2,1-2H3. The molecule has 0 radical (unpaired) electrons. The van der Waals surface area contributed by atoms with E-state index in [1.54, 1.807) is 18.2 Å². The normalized spacial score (nSPS) is 10.9. The molecule has 20 heavy (non-hydrogen) atoms. The summed E-state index contributed by atoms with van der Waals surface area (Å²) < 4.78 is 16.3. The Morgan fingerprint density at radius 1 is 1.25 bits per heavy atom. The second-order valence-electron chi connectivity index (χ2n) is 4.45. The minimum absolute atomic E-state index is 0.167. The first kappa shape index (κ1) is 12.5. The Morgan fingerprint density at radius 3 is 2.75 bits per heavy atom. The first-order chi connectivity index (χ1) is 9.74. The smallest absolute Gasteiger partial charge is 0.235 e. The van der Waals surface area contributed by atoms with Crippen LogP contribution in [0.5, 0.6) is 5.75 Å². The Hall–Kier alpha value is -2.49. The van der Waals surface area contributed by atoms with Crippen LogP contribution in [0.3, 0.4) is 0 Å². The van der Waals surface area contributed by atoms with Crippen molar-refractivity contribution in [3.63, 3.8) is 0 Å². The van der Waals surface area contributed by atoms with Gasteiger partial charge in [0.25, 0.3) is 0 Å². The summed E-state index contributed by atoms with van der Waals surface area (Å²) in [7, 11) is 1.45. The van der Waals surface area contributed by atoms with Crippen LogP contribution in [0.2, 0.25) is 0 Å². The van der Waals surface area contributed by atoms with E-state index in [4.69, 9.17) is 13.6 Å². The average molecular weight is 270 g/mol. The minimum atomic E-state index is -0.185. The Labute approximate surface area is 115 Å². The van der Waals surface area contributed by atoms with Gasteiger partial charge in [0, 0.05) is 0 Å². The summed E-state index contributed by atoms with van der Waals surface area (Å²) in [6, 6.07) is 9.06. The maximum Gasteiger partial charge on any atom is 0.235 e. The van der Waals surface area contributed by atoms with Crippen LogP contribution < -0.4 is 10.2 Å². The number of hydrogen-bond acceptors (Lipinski definition) is 4. The Kier molecular flexibility index (Phi) is 3.06. The molecule has 2 heterocycles. The van der Waals surface area contributed by atoms with Gasteiger partial charge in [0.05, 0.1) is 18.8 Å². The van der Waals surface area contributed by atoms with Crippen molar-refractivity contribution in [2.45, 2.75) is 13.3 Å². The predicted molar refractivity (Wildman–Crippen MR) is 76.1 cm³/mol. The SMILES string of the molecule is CCc1ccc2oc(-c3ccco3)c(OC)c(=O)c2c1. The van der Waals surface area contributed by atoms with E-state index in [9.17, 15) is 4.79 Å². The van der Waals surface area contributed by atoms with Gasteiger partial charge in [0.1, 0.15) is 5.58 Å². The molecule has 0 aliphatic carbocycles. The first-order valence-corrected chi connectivity index (χ1v) is 6.42. The number of benzene rings is 1.